The Balaban J connectivity index is 2.26. The number of nitrogens with one attached hydrogen (secondary N) is 1. The molecule has 1 aliphatic carbocycles. The van der Waals surface area contributed by atoms with Gasteiger partial charge in [-0.05, 0) is 39.2 Å². The van der Waals surface area contributed by atoms with Crippen LogP contribution in [0, 0.1) is 0 Å². The molecule has 0 spiro atoms. The monoisotopic (exact) mass is 281 g/mol. The first-order valence-corrected chi connectivity index (χ1v) is 6.69. The highest BCUT2D eigenvalue weighted by Gasteiger charge is 2.46. The topological polar surface area (TPSA) is 58.6 Å². The van der Waals surface area contributed by atoms with Crippen molar-refractivity contribution in [2.75, 3.05) is 0 Å². The molecule has 2 atom stereocenters. The predicted octanol–water partition coefficient (Wildman–Crippen LogP) is 2.64. The molecule has 0 saturated heterocycles. The van der Waals surface area contributed by atoms with Crippen molar-refractivity contribution < 1.29 is 19.0 Å². The van der Waals surface area contributed by atoms with E-state index in [1.807, 2.05) is 6.07 Å². The van der Waals surface area contributed by atoms with E-state index in [4.69, 9.17) is 4.74 Å². The lowest BCUT2D eigenvalue weighted by Crippen LogP contribution is -2.54. The molecule has 110 valence electrons. The number of rotatable bonds is 1. The van der Waals surface area contributed by atoms with Crippen molar-refractivity contribution in [2.24, 2.45) is 0 Å². The van der Waals surface area contributed by atoms with E-state index in [-0.39, 0.29) is 6.42 Å². The number of carbonyl (C=O) groups excluding carboxylic acids is 1. The number of halogens is 1. The normalized spacial score (nSPS) is 25.8. The fraction of sp³-hybridized carbons (Fsp3) is 0.533. The zero-order valence-corrected chi connectivity index (χ0v) is 11.9. The van der Waals surface area contributed by atoms with Crippen LogP contribution in [-0.4, -0.2) is 22.9 Å². The highest BCUT2D eigenvalue weighted by Crippen LogP contribution is 2.37. The summed E-state index contributed by atoms with van der Waals surface area (Å²) >= 11 is 0. The Labute approximate surface area is 117 Å². The van der Waals surface area contributed by atoms with Gasteiger partial charge in [0.2, 0.25) is 5.79 Å². The van der Waals surface area contributed by atoms with Crippen molar-refractivity contribution in [1.29, 1.82) is 0 Å². The number of ether oxygens (including phenoxy) is 1. The molecule has 0 radical (unpaired) electrons. The Morgan fingerprint density at radius 2 is 2.10 bits per heavy atom. The number of carbonyl (C=O) groups is 1. The minimum Gasteiger partial charge on any atom is -0.444 e. The molecule has 5 heteroatoms. The van der Waals surface area contributed by atoms with Crippen molar-refractivity contribution in [3.63, 3.8) is 0 Å². The number of hydrogen-bond donors (Lipinski definition) is 2. The molecule has 1 aliphatic rings. The third kappa shape index (κ3) is 2.93. The average Bonchev–Trinajstić information content (AvgIpc) is 2.32. The molecule has 0 saturated carbocycles. The molecule has 4 nitrogen and oxygen atoms in total. The lowest BCUT2D eigenvalue weighted by molar-refractivity contribution is -0.0552. The van der Waals surface area contributed by atoms with Gasteiger partial charge in [0.05, 0.1) is 0 Å². The summed E-state index contributed by atoms with van der Waals surface area (Å²) in [5.41, 5.74) is 0.362. The maximum Gasteiger partial charge on any atom is 0.410 e. The van der Waals surface area contributed by atoms with Gasteiger partial charge in [-0.1, -0.05) is 24.3 Å². The molecule has 20 heavy (non-hydrogen) atoms. The summed E-state index contributed by atoms with van der Waals surface area (Å²) in [6, 6.07) is 6.87. The number of aliphatic hydroxyl groups is 1. The van der Waals surface area contributed by atoms with Crippen molar-refractivity contribution in [2.45, 2.75) is 51.1 Å². The van der Waals surface area contributed by atoms with E-state index in [1.54, 1.807) is 39.0 Å². The van der Waals surface area contributed by atoms with Crippen LogP contribution in [0.1, 0.15) is 38.3 Å². The van der Waals surface area contributed by atoms with Crippen LogP contribution in [-0.2, 0) is 17.0 Å². The predicted molar refractivity (Wildman–Crippen MR) is 72.9 cm³/mol. The Morgan fingerprint density at radius 3 is 2.75 bits per heavy atom. The molecule has 2 N–H and O–H groups in total. The van der Waals surface area contributed by atoms with E-state index in [0.29, 0.717) is 12.0 Å². The maximum absolute atomic E-state index is 15.1. The van der Waals surface area contributed by atoms with Crippen molar-refractivity contribution in [3.05, 3.63) is 35.4 Å². The van der Waals surface area contributed by atoms with E-state index in [9.17, 15) is 9.90 Å². The fourth-order valence-electron chi connectivity index (χ4n) is 2.37. The molecule has 2 unspecified atom stereocenters. The Morgan fingerprint density at radius 1 is 1.45 bits per heavy atom. The van der Waals surface area contributed by atoms with Crippen LogP contribution < -0.4 is 5.32 Å². The fourth-order valence-corrected chi connectivity index (χ4v) is 2.37. The van der Waals surface area contributed by atoms with Crippen molar-refractivity contribution >= 4 is 6.09 Å². The van der Waals surface area contributed by atoms with Gasteiger partial charge in [0.25, 0.3) is 0 Å². The molecule has 2 rings (SSSR count). The van der Waals surface area contributed by atoms with Crippen LogP contribution in [0.2, 0.25) is 0 Å². The highest BCUT2D eigenvalue weighted by molar-refractivity contribution is 5.69. The molecule has 0 heterocycles. The lowest BCUT2D eigenvalue weighted by Gasteiger charge is -2.37. The lowest BCUT2D eigenvalue weighted by atomic mass is 9.84. The van der Waals surface area contributed by atoms with Crippen LogP contribution in [0.3, 0.4) is 0 Å². The number of hydrogen-bond acceptors (Lipinski definition) is 3. The maximum atomic E-state index is 15.1. The van der Waals surface area contributed by atoms with Crippen LogP contribution in [0.15, 0.2) is 24.3 Å². The quantitative estimate of drug-likeness (QED) is 0.778. The van der Waals surface area contributed by atoms with E-state index in [0.717, 1.165) is 5.56 Å². The van der Waals surface area contributed by atoms with Gasteiger partial charge >= 0.3 is 6.09 Å². The molecule has 0 bridgehead atoms. The van der Waals surface area contributed by atoms with E-state index >= 15 is 4.39 Å². The minimum absolute atomic E-state index is 0.253. The van der Waals surface area contributed by atoms with E-state index < -0.39 is 23.6 Å². The number of benzene rings is 1. The van der Waals surface area contributed by atoms with Gasteiger partial charge in [0.15, 0.2) is 0 Å². The second-order valence-corrected chi connectivity index (χ2v) is 6.05. The first-order chi connectivity index (χ1) is 9.22. The number of amides is 1. The average molecular weight is 281 g/mol. The van der Waals surface area contributed by atoms with Crippen LogP contribution in [0.25, 0.3) is 0 Å². The van der Waals surface area contributed by atoms with Crippen LogP contribution in [0.4, 0.5) is 9.18 Å². The Hall–Kier alpha value is -1.62. The van der Waals surface area contributed by atoms with Crippen LogP contribution >= 0.6 is 0 Å². The minimum atomic E-state index is -2.31. The van der Waals surface area contributed by atoms with Gasteiger partial charge in [0, 0.05) is 5.56 Å². The molecule has 1 amide bonds. The summed E-state index contributed by atoms with van der Waals surface area (Å²) in [5.74, 6) is -2.31. The summed E-state index contributed by atoms with van der Waals surface area (Å²) in [6.45, 7) is 5.09. The molecular weight excluding hydrogens is 261 g/mol. The van der Waals surface area contributed by atoms with Crippen molar-refractivity contribution in [1.82, 2.24) is 5.32 Å². The van der Waals surface area contributed by atoms with Gasteiger partial charge in [-0.3, -0.25) is 5.32 Å². The second-order valence-electron chi connectivity index (χ2n) is 6.05. The molecule has 1 aromatic rings. The third-order valence-electron chi connectivity index (χ3n) is 3.24. The summed E-state index contributed by atoms with van der Waals surface area (Å²) in [5, 5.41) is 12.2. The largest absolute Gasteiger partial charge is 0.444 e. The van der Waals surface area contributed by atoms with Gasteiger partial charge in [-0.15, -0.1) is 0 Å². The Bertz CT molecular complexity index is 512. The first-order valence-electron chi connectivity index (χ1n) is 6.69. The van der Waals surface area contributed by atoms with Gasteiger partial charge in [-0.25, -0.2) is 9.18 Å². The Kier molecular flexibility index (Phi) is 3.73. The molecular formula is C15H20FNO3. The second kappa shape index (κ2) is 5.05. The number of alkyl carbamates (subject to hydrolysis) is 1. The molecule has 1 aromatic carbocycles. The van der Waals surface area contributed by atoms with Gasteiger partial charge < -0.3 is 9.84 Å². The number of alkyl halides is 1. The third-order valence-corrected chi connectivity index (χ3v) is 3.24. The summed E-state index contributed by atoms with van der Waals surface area (Å²) in [6.07, 6.45) is -1.33. The van der Waals surface area contributed by atoms with Gasteiger partial charge in [0.1, 0.15) is 11.7 Å². The summed E-state index contributed by atoms with van der Waals surface area (Å²) in [4.78, 5) is 11.8. The zero-order chi connectivity index (χ0) is 15.0. The molecule has 0 fully saturated rings. The standard InChI is InChI=1S/C15H20FNO3/c1-14(2,3)20-13(19)17-15(16)11-7-5-4-6-10(11)8-9-12(15)18/h4-7,12,18H,8-9H2,1-3H3,(H,17,19). The number of fused-ring (bicyclic) bond motifs is 1. The molecule has 0 aromatic heterocycles. The summed E-state index contributed by atoms with van der Waals surface area (Å²) < 4.78 is 20.2. The summed E-state index contributed by atoms with van der Waals surface area (Å²) in [7, 11) is 0. The van der Waals surface area contributed by atoms with E-state index in [2.05, 4.69) is 5.32 Å². The highest BCUT2D eigenvalue weighted by atomic mass is 19.1. The SMILES string of the molecule is CC(C)(C)OC(=O)NC1(F)c2ccccc2CCC1O. The van der Waals surface area contributed by atoms with E-state index in [1.165, 1.54) is 0 Å². The number of aryl methyl sites for hydroxylation is 1. The smallest absolute Gasteiger partial charge is 0.410 e. The first kappa shape index (κ1) is 14.8. The zero-order valence-electron chi connectivity index (χ0n) is 11.9. The van der Waals surface area contributed by atoms with Crippen LogP contribution in [0.5, 0.6) is 0 Å². The number of aliphatic hydroxyl groups excluding tert-OH is 1. The molecule has 0 aliphatic heterocycles. The van der Waals surface area contributed by atoms with Crippen molar-refractivity contribution in [3.8, 4) is 0 Å². The van der Waals surface area contributed by atoms with Gasteiger partial charge in [-0.2, -0.15) is 0 Å².